The first-order valence-electron chi connectivity index (χ1n) is 9.84. The summed E-state index contributed by atoms with van der Waals surface area (Å²) in [4.78, 5) is 14.7. The number of aromatic amines is 1. The number of aromatic nitrogens is 3. The normalized spacial score (nSPS) is 13.1. The predicted molar refractivity (Wildman–Crippen MR) is 115 cm³/mol. The van der Waals surface area contributed by atoms with Gasteiger partial charge in [0, 0.05) is 26.7 Å². The molecular weight excluding hydrogens is 332 g/mol. The largest absolute Gasteiger partial charge is 0.363 e. The van der Waals surface area contributed by atoms with Crippen LogP contribution in [0.3, 0.4) is 0 Å². The molecule has 0 amide bonds. The number of fused-ring (bicyclic) bond motifs is 1. The van der Waals surface area contributed by atoms with E-state index in [0.29, 0.717) is 11.3 Å². The van der Waals surface area contributed by atoms with Crippen molar-refractivity contribution in [3.8, 4) is 11.1 Å². The van der Waals surface area contributed by atoms with E-state index in [2.05, 4.69) is 68.0 Å². The van der Waals surface area contributed by atoms with Crippen molar-refractivity contribution in [3.63, 3.8) is 0 Å². The first-order chi connectivity index (χ1) is 12.7. The number of H-pyrrole nitrogens is 1. The van der Waals surface area contributed by atoms with Gasteiger partial charge in [0.25, 0.3) is 0 Å². The molecule has 27 heavy (non-hydrogen) atoms. The number of hydrogen-bond acceptors (Lipinski definition) is 3. The summed E-state index contributed by atoms with van der Waals surface area (Å²) in [5.41, 5.74) is 4.89. The maximum Gasteiger partial charge on any atom is 0.128 e. The zero-order chi connectivity index (χ0) is 19.6. The average Bonchev–Trinajstić information content (AvgIpc) is 3.00. The molecule has 3 rings (SSSR count). The van der Waals surface area contributed by atoms with Gasteiger partial charge >= 0.3 is 0 Å². The molecule has 1 unspecified atom stereocenters. The summed E-state index contributed by atoms with van der Waals surface area (Å²) in [7, 11) is 4.02. The summed E-state index contributed by atoms with van der Waals surface area (Å²) in [5.74, 6) is 2.76. The fraction of sp³-hybridized carbons (Fsp3) is 0.478. The molecule has 1 N–H and O–H groups in total. The van der Waals surface area contributed by atoms with Gasteiger partial charge in [-0.3, -0.25) is 0 Å². The molecule has 4 nitrogen and oxygen atoms in total. The van der Waals surface area contributed by atoms with Crippen LogP contribution in [0.4, 0.5) is 5.82 Å². The van der Waals surface area contributed by atoms with E-state index >= 15 is 0 Å². The lowest BCUT2D eigenvalue weighted by Crippen LogP contribution is -2.11. The molecule has 0 aliphatic carbocycles. The molecule has 4 heteroatoms. The number of aryl methyl sites for hydroxylation is 1. The van der Waals surface area contributed by atoms with Crippen LogP contribution in [-0.4, -0.2) is 29.0 Å². The molecule has 1 aromatic carbocycles. The molecule has 0 bridgehead atoms. The maximum absolute atomic E-state index is 4.79. The zero-order valence-electron chi connectivity index (χ0n) is 17.5. The van der Waals surface area contributed by atoms with Crippen LogP contribution in [0.2, 0.25) is 0 Å². The van der Waals surface area contributed by atoms with E-state index in [4.69, 9.17) is 4.98 Å². The van der Waals surface area contributed by atoms with Crippen LogP contribution in [0.25, 0.3) is 22.2 Å². The van der Waals surface area contributed by atoms with Gasteiger partial charge in [0.1, 0.15) is 11.6 Å². The minimum Gasteiger partial charge on any atom is -0.363 e. The van der Waals surface area contributed by atoms with E-state index in [9.17, 15) is 0 Å². The Morgan fingerprint density at radius 2 is 1.81 bits per heavy atom. The number of imidazole rings is 1. The topological polar surface area (TPSA) is 44.8 Å². The summed E-state index contributed by atoms with van der Waals surface area (Å²) in [5, 5.41) is 0. The first kappa shape index (κ1) is 19.4. The highest BCUT2D eigenvalue weighted by molar-refractivity contribution is 5.82. The molecule has 0 radical (unpaired) electrons. The Hall–Kier alpha value is -2.36. The number of benzene rings is 1. The van der Waals surface area contributed by atoms with Gasteiger partial charge in [0.15, 0.2) is 0 Å². The number of nitrogens with one attached hydrogen (secondary N) is 1. The van der Waals surface area contributed by atoms with E-state index in [1.165, 1.54) is 24.0 Å². The summed E-state index contributed by atoms with van der Waals surface area (Å²) < 4.78 is 0. The van der Waals surface area contributed by atoms with Gasteiger partial charge in [-0.15, -0.1) is 0 Å². The molecule has 3 aromatic rings. The Kier molecular flexibility index (Phi) is 5.54. The molecule has 0 fully saturated rings. The fourth-order valence-electron chi connectivity index (χ4n) is 3.73. The summed E-state index contributed by atoms with van der Waals surface area (Å²) in [6.07, 6.45) is 5.28. The molecule has 1 atom stereocenters. The minimum atomic E-state index is 0.387. The van der Waals surface area contributed by atoms with E-state index < -0.39 is 0 Å². The molecule has 2 heterocycles. The van der Waals surface area contributed by atoms with Gasteiger partial charge in [-0.05, 0) is 59.6 Å². The predicted octanol–water partition coefficient (Wildman–Crippen LogP) is 5.70. The van der Waals surface area contributed by atoms with Crippen LogP contribution in [0.15, 0.2) is 36.5 Å². The quantitative estimate of drug-likeness (QED) is 0.610. The van der Waals surface area contributed by atoms with Crippen molar-refractivity contribution >= 4 is 16.9 Å². The van der Waals surface area contributed by atoms with Crippen molar-refractivity contribution in [2.24, 2.45) is 11.3 Å². The van der Waals surface area contributed by atoms with Crippen LogP contribution in [0.5, 0.6) is 0 Å². The summed E-state index contributed by atoms with van der Waals surface area (Å²) in [6.45, 7) is 9.28. The van der Waals surface area contributed by atoms with E-state index in [1.54, 1.807) is 0 Å². The second-order valence-electron chi connectivity index (χ2n) is 9.12. The second kappa shape index (κ2) is 7.71. The second-order valence-corrected chi connectivity index (χ2v) is 9.12. The third-order valence-corrected chi connectivity index (χ3v) is 4.90. The SMILES string of the molecule is CC(CCc1nc2ccc(-c3ccnc(N(C)C)c3)cc2[nH]1)CC(C)(C)C. The van der Waals surface area contributed by atoms with Crippen LogP contribution < -0.4 is 4.90 Å². The molecule has 0 spiro atoms. The van der Waals surface area contributed by atoms with E-state index in [0.717, 1.165) is 29.1 Å². The Balaban J connectivity index is 1.76. The van der Waals surface area contributed by atoms with Crippen molar-refractivity contribution < 1.29 is 0 Å². The number of pyridine rings is 1. The number of hydrogen-bond donors (Lipinski definition) is 1. The molecule has 0 saturated heterocycles. The Morgan fingerprint density at radius 3 is 2.52 bits per heavy atom. The van der Waals surface area contributed by atoms with Crippen LogP contribution in [0.1, 0.15) is 46.4 Å². The zero-order valence-corrected chi connectivity index (χ0v) is 17.5. The van der Waals surface area contributed by atoms with Gasteiger partial charge in [-0.2, -0.15) is 0 Å². The number of nitrogens with zero attached hydrogens (tertiary/aromatic N) is 3. The van der Waals surface area contributed by atoms with Crippen LogP contribution >= 0.6 is 0 Å². The number of anilines is 1. The Bertz CT molecular complexity index is 902. The van der Waals surface area contributed by atoms with Gasteiger partial charge in [-0.25, -0.2) is 9.97 Å². The van der Waals surface area contributed by atoms with Crippen molar-refractivity contribution in [2.45, 2.75) is 47.0 Å². The third-order valence-electron chi connectivity index (χ3n) is 4.90. The lowest BCUT2D eigenvalue weighted by atomic mass is 9.84. The molecule has 0 aliphatic heterocycles. The van der Waals surface area contributed by atoms with Crippen LogP contribution in [0, 0.1) is 11.3 Å². The van der Waals surface area contributed by atoms with Crippen molar-refractivity contribution in [1.29, 1.82) is 0 Å². The van der Waals surface area contributed by atoms with Gasteiger partial charge in [-0.1, -0.05) is 33.8 Å². The summed E-state index contributed by atoms with van der Waals surface area (Å²) in [6, 6.07) is 10.6. The Morgan fingerprint density at radius 1 is 1.07 bits per heavy atom. The third kappa shape index (κ3) is 5.09. The average molecular weight is 365 g/mol. The molecule has 0 aliphatic rings. The van der Waals surface area contributed by atoms with Gasteiger partial charge < -0.3 is 9.88 Å². The highest BCUT2D eigenvalue weighted by Crippen LogP contribution is 2.28. The minimum absolute atomic E-state index is 0.387. The molecule has 144 valence electrons. The smallest absolute Gasteiger partial charge is 0.128 e. The van der Waals surface area contributed by atoms with E-state index in [1.807, 2.05) is 25.2 Å². The maximum atomic E-state index is 4.79. The lowest BCUT2D eigenvalue weighted by molar-refractivity contribution is 0.296. The molecular formula is C23H32N4. The van der Waals surface area contributed by atoms with Crippen LogP contribution in [-0.2, 0) is 6.42 Å². The highest BCUT2D eigenvalue weighted by Gasteiger charge is 2.16. The van der Waals surface area contributed by atoms with E-state index in [-0.39, 0.29) is 0 Å². The van der Waals surface area contributed by atoms with Crippen molar-refractivity contribution in [3.05, 3.63) is 42.4 Å². The van der Waals surface area contributed by atoms with Gasteiger partial charge in [0.05, 0.1) is 11.0 Å². The Labute approximate surface area is 163 Å². The summed E-state index contributed by atoms with van der Waals surface area (Å²) >= 11 is 0. The lowest BCUT2D eigenvalue weighted by Gasteiger charge is -2.22. The number of rotatable bonds is 6. The van der Waals surface area contributed by atoms with Crippen molar-refractivity contribution in [2.75, 3.05) is 19.0 Å². The first-order valence-corrected chi connectivity index (χ1v) is 9.84. The van der Waals surface area contributed by atoms with Crippen molar-refractivity contribution in [1.82, 2.24) is 15.0 Å². The van der Waals surface area contributed by atoms with Gasteiger partial charge in [0.2, 0.25) is 0 Å². The highest BCUT2D eigenvalue weighted by atomic mass is 15.1. The fourth-order valence-corrected chi connectivity index (χ4v) is 3.73. The molecule has 0 saturated carbocycles. The monoisotopic (exact) mass is 364 g/mol. The standard InChI is InChI=1S/C23H32N4/c1-16(15-23(2,3)4)7-10-21-25-19-9-8-17(13-20(19)26-21)18-11-12-24-22(14-18)27(5)6/h8-9,11-14,16H,7,10,15H2,1-6H3,(H,25,26). The molecule has 2 aromatic heterocycles.